The first-order chi connectivity index (χ1) is 6.60. The van der Waals surface area contributed by atoms with Crippen LogP contribution in [-0.2, 0) is 4.79 Å². The van der Waals surface area contributed by atoms with Gasteiger partial charge in [-0.25, -0.2) is 4.39 Å². The van der Waals surface area contributed by atoms with Gasteiger partial charge in [0.15, 0.2) is 0 Å². The van der Waals surface area contributed by atoms with E-state index in [9.17, 15) is 9.18 Å². The van der Waals surface area contributed by atoms with Crippen molar-refractivity contribution in [2.75, 3.05) is 5.32 Å². The third-order valence-electron chi connectivity index (χ3n) is 2.65. The molecule has 2 nitrogen and oxygen atoms in total. The number of benzene rings is 1. The first-order valence-corrected chi connectivity index (χ1v) is 4.67. The average molecular weight is 193 g/mol. The van der Waals surface area contributed by atoms with E-state index in [2.05, 4.69) is 5.32 Å². The number of hydrogen-bond acceptors (Lipinski definition) is 1. The molecule has 0 atom stereocenters. The summed E-state index contributed by atoms with van der Waals surface area (Å²) < 4.78 is 12.6. The quantitative estimate of drug-likeness (QED) is 0.768. The molecule has 14 heavy (non-hydrogen) atoms. The van der Waals surface area contributed by atoms with Gasteiger partial charge < -0.3 is 5.32 Å². The van der Waals surface area contributed by atoms with E-state index in [1.165, 1.54) is 12.1 Å². The molecule has 1 N–H and O–H groups in total. The van der Waals surface area contributed by atoms with Crippen LogP contribution in [0.2, 0.25) is 0 Å². The SMILES string of the molecule is CC1(C(=O)Nc2ccc(F)cc2)CC1. The predicted molar refractivity (Wildman–Crippen MR) is 52.4 cm³/mol. The maximum atomic E-state index is 12.6. The molecule has 0 saturated heterocycles. The summed E-state index contributed by atoms with van der Waals surface area (Å²) in [5.74, 6) is -0.259. The predicted octanol–water partition coefficient (Wildman–Crippen LogP) is 2.56. The minimum atomic E-state index is -0.291. The number of amides is 1. The van der Waals surface area contributed by atoms with E-state index in [4.69, 9.17) is 0 Å². The molecule has 0 heterocycles. The van der Waals surface area contributed by atoms with E-state index >= 15 is 0 Å². The monoisotopic (exact) mass is 193 g/mol. The van der Waals surface area contributed by atoms with E-state index in [1.54, 1.807) is 12.1 Å². The molecule has 0 aromatic heterocycles. The molecule has 1 aliphatic rings. The smallest absolute Gasteiger partial charge is 0.230 e. The van der Waals surface area contributed by atoms with Crippen LogP contribution in [0.5, 0.6) is 0 Å². The summed E-state index contributed by atoms with van der Waals surface area (Å²) in [6.07, 6.45) is 1.89. The fourth-order valence-corrected chi connectivity index (χ4v) is 1.23. The lowest BCUT2D eigenvalue weighted by Crippen LogP contribution is -2.21. The molecule has 74 valence electrons. The fraction of sp³-hybridized carbons (Fsp3) is 0.364. The number of anilines is 1. The summed E-state index contributed by atoms with van der Waals surface area (Å²) in [7, 11) is 0. The van der Waals surface area contributed by atoms with Crippen LogP contribution in [-0.4, -0.2) is 5.91 Å². The Balaban J connectivity index is 2.04. The highest BCUT2D eigenvalue weighted by molar-refractivity contribution is 5.96. The number of nitrogens with one attached hydrogen (secondary N) is 1. The maximum Gasteiger partial charge on any atom is 0.230 e. The highest BCUT2D eigenvalue weighted by Crippen LogP contribution is 2.45. The molecular formula is C11H12FNO. The molecule has 1 aromatic rings. The molecule has 1 aromatic carbocycles. The van der Waals surface area contributed by atoms with Crippen molar-refractivity contribution >= 4 is 11.6 Å². The number of hydrogen-bond donors (Lipinski definition) is 1. The van der Waals surface area contributed by atoms with E-state index < -0.39 is 0 Å². The summed E-state index contributed by atoms with van der Waals surface area (Å²) >= 11 is 0. The van der Waals surface area contributed by atoms with Crippen molar-refractivity contribution in [3.63, 3.8) is 0 Å². The molecular weight excluding hydrogens is 181 g/mol. The highest BCUT2D eigenvalue weighted by Gasteiger charge is 2.44. The van der Waals surface area contributed by atoms with Crippen molar-refractivity contribution in [1.82, 2.24) is 0 Å². The van der Waals surface area contributed by atoms with Crippen molar-refractivity contribution < 1.29 is 9.18 Å². The molecule has 1 saturated carbocycles. The lowest BCUT2D eigenvalue weighted by molar-refractivity contribution is -0.120. The highest BCUT2D eigenvalue weighted by atomic mass is 19.1. The molecule has 1 fully saturated rings. The molecule has 1 amide bonds. The van der Waals surface area contributed by atoms with Crippen LogP contribution < -0.4 is 5.32 Å². The molecule has 3 heteroatoms. The van der Waals surface area contributed by atoms with Gasteiger partial charge in [-0.1, -0.05) is 6.92 Å². The van der Waals surface area contributed by atoms with E-state index in [0.717, 1.165) is 12.8 Å². The third-order valence-corrected chi connectivity index (χ3v) is 2.65. The van der Waals surface area contributed by atoms with Crippen molar-refractivity contribution in [2.45, 2.75) is 19.8 Å². The second-order valence-electron chi connectivity index (χ2n) is 4.02. The van der Waals surface area contributed by atoms with Crippen molar-refractivity contribution in [1.29, 1.82) is 0 Å². The fourth-order valence-electron chi connectivity index (χ4n) is 1.23. The second kappa shape index (κ2) is 3.08. The van der Waals surface area contributed by atoms with Crippen LogP contribution in [0, 0.1) is 11.2 Å². The van der Waals surface area contributed by atoms with Gasteiger partial charge in [0.2, 0.25) is 5.91 Å². The summed E-state index contributed by atoms with van der Waals surface area (Å²) in [5.41, 5.74) is 0.471. The van der Waals surface area contributed by atoms with E-state index in [1.807, 2.05) is 6.92 Å². The Labute approximate surface area is 82.1 Å². The van der Waals surface area contributed by atoms with Gasteiger partial charge in [0, 0.05) is 11.1 Å². The van der Waals surface area contributed by atoms with Crippen molar-refractivity contribution in [2.24, 2.45) is 5.41 Å². The van der Waals surface area contributed by atoms with Gasteiger partial charge in [0.25, 0.3) is 0 Å². The maximum absolute atomic E-state index is 12.6. The van der Waals surface area contributed by atoms with Gasteiger partial charge in [0.05, 0.1) is 0 Å². The van der Waals surface area contributed by atoms with Crippen LogP contribution >= 0.6 is 0 Å². The Hall–Kier alpha value is -1.38. The average Bonchev–Trinajstić information content (AvgIpc) is 2.89. The summed E-state index contributed by atoms with van der Waals surface area (Å²) in [5, 5.41) is 2.77. The van der Waals surface area contributed by atoms with Crippen LogP contribution in [0.3, 0.4) is 0 Å². The van der Waals surface area contributed by atoms with Crippen LogP contribution in [0.4, 0.5) is 10.1 Å². The molecule has 0 bridgehead atoms. The van der Waals surface area contributed by atoms with Crippen LogP contribution in [0.15, 0.2) is 24.3 Å². The Bertz CT molecular complexity index is 354. The van der Waals surface area contributed by atoms with Crippen LogP contribution in [0.1, 0.15) is 19.8 Å². The zero-order chi connectivity index (χ0) is 10.2. The normalized spacial score (nSPS) is 17.6. The summed E-state index contributed by atoms with van der Waals surface area (Å²) in [6.45, 7) is 1.94. The van der Waals surface area contributed by atoms with Gasteiger partial charge in [-0.15, -0.1) is 0 Å². The lowest BCUT2D eigenvalue weighted by Gasteiger charge is -2.09. The van der Waals surface area contributed by atoms with Gasteiger partial charge >= 0.3 is 0 Å². The van der Waals surface area contributed by atoms with Crippen molar-refractivity contribution in [3.05, 3.63) is 30.1 Å². The van der Waals surface area contributed by atoms with E-state index in [0.29, 0.717) is 5.69 Å². The number of carbonyl (C=O) groups excluding carboxylic acids is 1. The Kier molecular flexibility index (Phi) is 2.02. The topological polar surface area (TPSA) is 29.1 Å². The minimum Gasteiger partial charge on any atom is -0.326 e. The second-order valence-corrected chi connectivity index (χ2v) is 4.02. The Morgan fingerprint density at radius 1 is 1.36 bits per heavy atom. The molecule has 2 rings (SSSR count). The zero-order valence-corrected chi connectivity index (χ0v) is 8.01. The Morgan fingerprint density at radius 3 is 2.43 bits per heavy atom. The number of halogens is 1. The van der Waals surface area contributed by atoms with Gasteiger partial charge in [0.1, 0.15) is 5.82 Å². The first kappa shape index (κ1) is 9.19. The molecule has 0 spiro atoms. The number of carbonyl (C=O) groups is 1. The summed E-state index contributed by atoms with van der Waals surface area (Å²) in [6, 6.07) is 5.81. The zero-order valence-electron chi connectivity index (χ0n) is 8.01. The molecule has 0 unspecified atom stereocenters. The molecule has 1 aliphatic carbocycles. The first-order valence-electron chi connectivity index (χ1n) is 4.67. The lowest BCUT2D eigenvalue weighted by atomic mass is 10.1. The third kappa shape index (κ3) is 1.76. The van der Waals surface area contributed by atoms with Gasteiger partial charge in [-0.2, -0.15) is 0 Å². The largest absolute Gasteiger partial charge is 0.326 e. The van der Waals surface area contributed by atoms with Gasteiger partial charge in [-0.3, -0.25) is 4.79 Å². The van der Waals surface area contributed by atoms with Crippen LogP contribution in [0.25, 0.3) is 0 Å². The standard InChI is InChI=1S/C11H12FNO/c1-11(6-7-11)10(14)13-9-4-2-8(12)3-5-9/h2-5H,6-7H2,1H3,(H,13,14). The minimum absolute atomic E-state index is 0.0316. The Morgan fingerprint density at radius 2 is 1.93 bits per heavy atom. The summed E-state index contributed by atoms with van der Waals surface area (Å²) in [4.78, 5) is 11.6. The number of rotatable bonds is 2. The molecule has 0 radical (unpaired) electrons. The van der Waals surface area contributed by atoms with Crippen molar-refractivity contribution in [3.8, 4) is 0 Å². The van der Waals surface area contributed by atoms with Gasteiger partial charge in [-0.05, 0) is 37.1 Å². The molecule has 0 aliphatic heterocycles. The van der Waals surface area contributed by atoms with E-state index in [-0.39, 0.29) is 17.1 Å².